The number of rotatable bonds is 4. The first-order chi connectivity index (χ1) is 19.8. The van der Waals surface area contributed by atoms with Gasteiger partial charge >= 0.3 is 0 Å². The molecule has 188 valence electrons. The van der Waals surface area contributed by atoms with Gasteiger partial charge < -0.3 is 4.42 Å². The lowest BCUT2D eigenvalue weighted by molar-refractivity contribution is 0.670. The van der Waals surface area contributed by atoms with E-state index in [0.29, 0.717) is 0 Å². The minimum Gasteiger partial charge on any atom is -0.455 e. The third-order valence-electron chi connectivity index (χ3n) is 7.71. The largest absolute Gasteiger partial charge is 0.455 e. The molecule has 2 heteroatoms. The van der Waals surface area contributed by atoms with Crippen molar-refractivity contribution in [1.29, 1.82) is 0 Å². The number of hydrogen-bond donors (Lipinski definition) is 0. The molecule has 2 aromatic heterocycles. The van der Waals surface area contributed by atoms with Gasteiger partial charge in [0.1, 0.15) is 11.2 Å². The van der Waals surface area contributed by atoms with Crippen LogP contribution in [0.15, 0.2) is 150 Å². The lowest BCUT2D eigenvalue weighted by Gasteiger charge is -2.10. The number of furan rings is 1. The summed E-state index contributed by atoms with van der Waals surface area (Å²) in [6.45, 7) is 0. The molecule has 2 heterocycles. The Morgan fingerprint density at radius 1 is 0.400 bits per heavy atom. The molecule has 0 spiro atoms. The van der Waals surface area contributed by atoms with Crippen molar-refractivity contribution < 1.29 is 4.42 Å². The summed E-state index contributed by atoms with van der Waals surface area (Å²) in [7, 11) is 0. The van der Waals surface area contributed by atoms with Crippen molar-refractivity contribution in [2.75, 3.05) is 0 Å². The third-order valence-corrected chi connectivity index (χ3v) is 9.01. The van der Waals surface area contributed by atoms with Gasteiger partial charge in [-0.2, -0.15) is 0 Å². The molecule has 0 saturated carbocycles. The molecule has 0 unspecified atom stereocenters. The molecule has 0 radical (unpaired) electrons. The molecule has 0 aliphatic carbocycles. The van der Waals surface area contributed by atoms with E-state index in [1.807, 2.05) is 17.4 Å². The Labute approximate surface area is 236 Å². The zero-order valence-electron chi connectivity index (χ0n) is 21.7. The second kappa shape index (κ2) is 9.37. The molecule has 0 N–H and O–H groups in total. The van der Waals surface area contributed by atoms with Gasteiger partial charge in [-0.15, -0.1) is 11.3 Å². The summed E-state index contributed by atoms with van der Waals surface area (Å²) < 4.78 is 6.57. The van der Waals surface area contributed by atoms with Gasteiger partial charge in [-0.1, -0.05) is 127 Å². The van der Waals surface area contributed by atoms with Crippen LogP contribution in [0.4, 0.5) is 0 Å². The fraction of sp³-hybridized carbons (Fsp3) is 0. The average Bonchev–Trinajstić information content (AvgIpc) is 3.60. The van der Waals surface area contributed by atoms with E-state index in [1.54, 1.807) is 0 Å². The Kier molecular flexibility index (Phi) is 5.39. The molecule has 6 aromatic carbocycles. The molecule has 0 saturated heterocycles. The maximum absolute atomic E-state index is 6.57. The van der Waals surface area contributed by atoms with Crippen molar-refractivity contribution in [3.63, 3.8) is 0 Å². The van der Waals surface area contributed by atoms with Gasteiger partial charge in [-0.25, -0.2) is 0 Å². The van der Waals surface area contributed by atoms with Crippen LogP contribution in [-0.4, -0.2) is 0 Å². The molecular weight excluding hydrogens is 504 g/mol. The fourth-order valence-corrected chi connectivity index (χ4v) is 7.15. The first kappa shape index (κ1) is 23.0. The number of fused-ring (bicyclic) bond motifs is 4. The summed E-state index contributed by atoms with van der Waals surface area (Å²) in [6.07, 6.45) is 0. The second-order valence-electron chi connectivity index (χ2n) is 10.1. The van der Waals surface area contributed by atoms with E-state index in [4.69, 9.17) is 4.42 Å². The summed E-state index contributed by atoms with van der Waals surface area (Å²) in [5.41, 5.74) is 9.05. The first-order valence-corrected chi connectivity index (χ1v) is 14.3. The molecule has 0 aliphatic heterocycles. The summed E-state index contributed by atoms with van der Waals surface area (Å²) >= 11 is 1.87. The standard InChI is InChI=1S/C38H24OS/c1-3-12-25(13-4-1)27-16-11-17-28(24-27)37-31-19-7-8-20-32(31)38(40-37)33-23-22-30-29-18-9-10-21-34(29)39-36(30)35(33)26-14-5-2-6-15-26/h1-24H. The number of para-hydroxylation sites is 1. The Bertz CT molecular complexity index is 2150. The molecule has 0 amide bonds. The second-order valence-corrected chi connectivity index (χ2v) is 11.1. The monoisotopic (exact) mass is 528 g/mol. The number of benzene rings is 6. The van der Waals surface area contributed by atoms with Gasteiger partial charge in [-0.3, -0.25) is 0 Å². The maximum Gasteiger partial charge on any atom is 0.143 e. The topological polar surface area (TPSA) is 13.1 Å². The van der Waals surface area contributed by atoms with Crippen LogP contribution in [-0.2, 0) is 0 Å². The maximum atomic E-state index is 6.57. The summed E-state index contributed by atoms with van der Waals surface area (Å²) in [6, 6.07) is 51.8. The Morgan fingerprint density at radius 3 is 1.77 bits per heavy atom. The highest BCUT2D eigenvalue weighted by Crippen LogP contribution is 2.49. The molecular formula is C38H24OS. The van der Waals surface area contributed by atoms with E-state index in [9.17, 15) is 0 Å². The third kappa shape index (κ3) is 3.69. The Balaban J connectivity index is 1.40. The smallest absolute Gasteiger partial charge is 0.143 e. The lowest BCUT2D eigenvalue weighted by atomic mass is 9.94. The minimum atomic E-state index is 0.918. The highest BCUT2D eigenvalue weighted by atomic mass is 32.1. The van der Waals surface area contributed by atoms with Crippen molar-refractivity contribution in [3.05, 3.63) is 146 Å². The molecule has 0 atom stereocenters. The lowest BCUT2D eigenvalue weighted by Crippen LogP contribution is -1.85. The normalized spacial score (nSPS) is 11.5. The number of thiophene rings is 1. The summed E-state index contributed by atoms with van der Waals surface area (Å²) in [5.74, 6) is 0. The molecule has 8 rings (SSSR count). The van der Waals surface area contributed by atoms with Gasteiger partial charge in [0.05, 0.1) is 0 Å². The Morgan fingerprint density at radius 2 is 1.00 bits per heavy atom. The highest BCUT2D eigenvalue weighted by molar-refractivity contribution is 7.21. The molecule has 40 heavy (non-hydrogen) atoms. The van der Waals surface area contributed by atoms with Crippen LogP contribution in [0.2, 0.25) is 0 Å². The van der Waals surface area contributed by atoms with E-state index in [1.165, 1.54) is 42.8 Å². The van der Waals surface area contributed by atoms with Crippen molar-refractivity contribution in [2.24, 2.45) is 0 Å². The quantitative estimate of drug-likeness (QED) is 0.221. The molecule has 0 fully saturated rings. The van der Waals surface area contributed by atoms with Crippen LogP contribution in [0.1, 0.15) is 0 Å². The fourth-order valence-electron chi connectivity index (χ4n) is 5.85. The van der Waals surface area contributed by atoms with E-state index >= 15 is 0 Å². The number of hydrogen-bond acceptors (Lipinski definition) is 2. The molecule has 0 bridgehead atoms. The first-order valence-electron chi connectivity index (χ1n) is 13.5. The van der Waals surface area contributed by atoms with E-state index in [0.717, 1.165) is 33.1 Å². The van der Waals surface area contributed by atoms with E-state index in [-0.39, 0.29) is 0 Å². The van der Waals surface area contributed by atoms with Crippen LogP contribution < -0.4 is 0 Å². The molecule has 0 aliphatic rings. The SMILES string of the molecule is c1ccc(-c2cccc(-c3sc(-c4ccc5c(oc6ccccc65)c4-c4ccccc4)c4ccccc34)c2)cc1. The van der Waals surface area contributed by atoms with Crippen molar-refractivity contribution in [3.8, 4) is 43.1 Å². The van der Waals surface area contributed by atoms with E-state index < -0.39 is 0 Å². The van der Waals surface area contributed by atoms with Crippen molar-refractivity contribution in [2.45, 2.75) is 0 Å². The van der Waals surface area contributed by atoms with Crippen LogP contribution in [0, 0.1) is 0 Å². The predicted molar refractivity (Wildman–Crippen MR) is 171 cm³/mol. The van der Waals surface area contributed by atoms with Gasteiger partial charge in [0.25, 0.3) is 0 Å². The molecule has 1 nitrogen and oxygen atoms in total. The van der Waals surface area contributed by atoms with Crippen LogP contribution >= 0.6 is 11.3 Å². The average molecular weight is 529 g/mol. The summed E-state index contributed by atoms with van der Waals surface area (Å²) in [5, 5.41) is 4.84. The minimum absolute atomic E-state index is 0.918. The van der Waals surface area contributed by atoms with Crippen LogP contribution in [0.5, 0.6) is 0 Å². The van der Waals surface area contributed by atoms with Gasteiger partial charge in [0.2, 0.25) is 0 Å². The highest BCUT2D eigenvalue weighted by Gasteiger charge is 2.21. The zero-order valence-corrected chi connectivity index (χ0v) is 22.5. The molecule has 8 aromatic rings. The van der Waals surface area contributed by atoms with Crippen LogP contribution in [0.3, 0.4) is 0 Å². The Hall–Kier alpha value is -4.92. The van der Waals surface area contributed by atoms with Gasteiger partial charge in [-0.05, 0) is 40.5 Å². The zero-order chi connectivity index (χ0) is 26.5. The van der Waals surface area contributed by atoms with E-state index in [2.05, 4.69) is 140 Å². The van der Waals surface area contributed by atoms with Crippen molar-refractivity contribution in [1.82, 2.24) is 0 Å². The summed E-state index contributed by atoms with van der Waals surface area (Å²) in [4.78, 5) is 2.55. The van der Waals surface area contributed by atoms with Crippen LogP contribution in [0.25, 0.3) is 75.8 Å². The predicted octanol–water partition coefficient (Wildman–Crippen LogP) is 11.5. The van der Waals surface area contributed by atoms with Crippen molar-refractivity contribution >= 4 is 44.0 Å². The van der Waals surface area contributed by atoms with Gasteiger partial charge in [0, 0.05) is 42.4 Å². The van der Waals surface area contributed by atoms with Gasteiger partial charge in [0.15, 0.2) is 0 Å².